The zero-order chi connectivity index (χ0) is 22.0. The largest absolute Gasteiger partial charge is 0.350 e. The second kappa shape index (κ2) is 10.5. The molecule has 0 saturated carbocycles. The van der Waals surface area contributed by atoms with E-state index in [1.807, 2.05) is 9.80 Å². The molecule has 2 saturated heterocycles. The Morgan fingerprint density at radius 2 is 1.22 bits per heavy atom. The lowest BCUT2D eigenvalue weighted by atomic mass is 10.0. The first-order chi connectivity index (χ1) is 14.9. The van der Waals surface area contributed by atoms with Gasteiger partial charge in [-0.25, -0.2) is 4.39 Å². The van der Waals surface area contributed by atoms with Crippen LogP contribution in [0.25, 0.3) is 0 Å². The van der Waals surface area contributed by atoms with E-state index in [1.165, 1.54) is 12.1 Å². The molecule has 0 unspecified atom stereocenters. The van der Waals surface area contributed by atoms with Crippen molar-refractivity contribution in [3.63, 3.8) is 0 Å². The third-order valence-electron chi connectivity index (χ3n) is 5.57. The molecule has 1 aromatic heterocycles. The number of rotatable bonds is 5. The molecule has 2 aliphatic heterocycles. The molecule has 2 fully saturated rings. The third-order valence-corrected chi connectivity index (χ3v) is 5.57. The van der Waals surface area contributed by atoms with E-state index in [0.29, 0.717) is 50.6 Å². The molecule has 9 N–H and O–H groups in total. The van der Waals surface area contributed by atoms with Crippen LogP contribution < -0.4 is 38.1 Å². The van der Waals surface area contributed by atoms with Gasteiger partial charge in [0.1, 0.15) is 5.82 Å². The van der Waals surface area contributed by atoms with Gasteiger partial charge in [-0.1, -0.05) is 12.1 Å². The predicted molar refractivity (Wildman–Crippen MR) is 126 cm³/mol. The van der Waals surface area contributed by atoms with Crippen molar-refractivity contribution in [2.24, 2.45) is 22.9 Å². The highest BCUT2D eigenvalue weighted by molar-refractivity contribution is 5.85. The van der Waals surface area contributed by atoms with Crippen LogP contribution in [0.1, 0.15) is 18.4 Å². The minimum absolute atomic E-state index is 0. The molecule has 0 spiro atoms. The summed E-state index contributed by atoms with van der Waals surface area (Å²) in [5.41, 5.74) is 25.6. The number of aromatic nitrogens is 3. The lowest BCUT2D eigenvalue weighted by Crippen LogP contribution is -2.54. The van der Waals surface area contributed by atoms with Crippen molar-refractivity contribution in [1.29, 1.82) is 0 Å². The molecule has 0 bridgehead atoms. The van der Waals surface area contributed by atoms with Crippen molar-refractivity contribution >= 4 is 30.3 Å². The summed E-state index contributed by atoms with van der Waals surface area (Å²) in [6.45, 7) is 2.92. The molecule has 0 radical (unpaired) electrons. The Bertz CT molecular complexity index is 821. The van der Waals surface area contributed by atoms with Gasteiger partial charge in [-0.05, 0) is 30.5 Å². The van der Waals surface area contributed by atoms with E-state index in [-0.39, 0.29) is 42.4 Å². The molecule has 2 aromatic rings. The Hall–Kier alpha value is -2.31. The topological polar surface area (TPSA) is 161 Å². The van der Waals surface area contributed by atoms with Gasteiger partial charge >= 0.3 is 0 Å². The molecule has 0 aliphatic carbocycles. The average molecular weight is 467 g/mol. The van der Waals surface area contributed by atoms with E-state index in [0.717, 1.165) is 18.4 Å². The van der Waals surface area contributed by atoms with Crippen molar-refractivity contribution in [3.05, 3.63) is 35.6 Å². The molecule has 10 nitrogen and oxygen atoms in total. The maximum atomic E-state index is 13.2. The minimum Gasteiger partial charge on any atom is -0.350 e. The Morgan fingerprint density at radius 3 is 1.66 bits per heavy atom. The SMILES string of the molecule is Cl.N[C@@H]1C[C@H](N)CN(c2nc(NCc3ccc(F)cc3)nc(N3C[C@H](N)C[C@H](N)C3)n2)C1. The summed E-state index contributed by atoms with van der Waals surface area (Å²) in [6, 6.07) is 6.11. The fraction of sp³-hybridized carbons (Fsp3) is 0.550. The van der Waals surface area contributed by atoms with Gasteiger partial charge in [-0.2, -0.15) is 15.0 Å². The van der Waals surface area contributed by atoms with E-state index in [2.05, 4.69) is 15.3 Å². The lowest BCUT2D eigenvalue weighted by molar-refractivity contribution is 0.441. The van der Waals surface area contributed by atoms with Gasteiger partial charge in [0, 0.05) is 56.9 Å². The van der Waals surface area contributed by atoms with Gasteiger partial charge in [-0.15, -0.1) is 12.4 Å². The second-order valence-corrected chi connectivity index (χ2v) is 8.56. The molecule has 4 rings (SSSR count). The van der Waals surface area contributed by atoms with Crippen LogP contribution in [0.15, 0.2) is 24.3 Å². The van der Waals surface area contributed by atoms with E-state index < -0.39 is 0 Å². The molecule has 0 amide bonds. The summed E-state index contributed by atoms with van der Waals surface area (Å²) in [4.78, 5) is 17.9. The molecule has 3 heterocycles. The number of nitrogens with two attached hydrogens (primary N) is 4. The maximum absolute atomic E-state index is 13.2. The summed E-state index contributed by atoms with van der Waals surface area (Å²) in [5.74, 6) is 1.18. The first-order valence-electron chi connectivity index (χ1n) is 10.6. The van der Waals surface area contributed by atoms with Crippen LogP contribution in [0.2, 0.25) is 0 Å². The average Bonchev–Trinajstić information content (AvgIpc) is 2.72. The number of anilines is 3. The van der Waals surface area contributed by atoms with Gasteiger partial charge in [0.25, 0.3) is 0 Å². The molecular formula is C20H32ClFN10. The van der Waals surface area contributed by atoms with Crippen molar-refractivity contribution in [2.75, 3.05) is 41.3 Å². The molecule has 4 atom stereocenters. The molecule has 2 aliphatic rings. The normalized spacial score (nSPS) is 25.9. The van der Waals surface area contributed by atoms with Crippen molar-refractivity contribution in [2.45, 2.75) is 43.6 Å². The molecular weight excluding hydrogens is 435 g/mol. The van der Waals surface area contributed by atoms with Crippen LogP contribution in [-0.4, -0.2) is 65.3 Å². The third kappa shape index (κ3) is 6.14. The summed E-state index contributed by atoms with van der Waals surface area (Å²) < 4.78 is 13.2. The van der Waals surface area contributed by atoms with E-state index in [9.17, 15) is 4.39 Å². The van der Waals surface area contributed by atoms with Crippen molar-refractivity contribution in [3.8, 4) is 0 Å². The number of benzene rings is 1. The predicted octanol–water partition coefficient (Wildman–Crippen LogP) is -0.226. The zero-order valence-electron chi connectivity index (χ0n) is 17.9. The van der Waals surface area contributed by atoms with E-state index in [4.69, 9.17) is 27.9 Å². The summed E-state index contributed by atoms with van der Waals surface area (Å²) in [5, 5.41) is 3.22. The number of nitrogens with zero attached hydrogens (tertiary/aromatic N) is 5. The number of nitrogens with one attached hydrogen (secondary N) is 1. The first-order valence-corrected chi connectivity index (χ1v) is 10.6. The summed E-state index contributed by atoms with van der Waals surface area (Å²) in [7, 11) is 0. The van der Waals surface area contributed by atoms with E-state index >= 15 is 0 Å². The van der Waals surface area contributed by atoms with Gasteiger partial charge in [0.05, 0.1) is 0 Å². The first kappa shape index (κ1) is 24.3. The van der Waals surface area contributed by atoms with Crippen LogP contribution in [0, 0.1) is 5.82 Å². The molecule has 1 aromatic carbocycles. The van der Waals surface area contributed by atoms with Crippen LogP contribution in [0.5, 0.6) is 0 Å². The minimum atomic E-state index is -0.274. The lowest BCUT2D eigenvalue weighted by Gasteiger charge is -2.37. The quantitative estimate of drug-likeness (QED) is 0.398. The second-order valence-electron chi connectivity index (χ2n) is 8.56. The van der Waals surface area contributed by atoms with Gasteiger partial charge in [0.15, 0.2) is 0 Å². The Labute approximate surface area is 193 Å². The molecule has 176 valence electrons. The Balaban J connectivity index is 0.00000289. The Kier molecular flexibility index (Phi) is 8.01. The Morgan fingerprint density at radius 1 is 0.781 bits per heavy atom. The van der Waals surface area contributed by atoms with E-state index in [1.54, 1.807) is 12.1 Å². The van der Waals surface area contributed by atoms with Crippen LogP contribution in [-0.2, 0) is 6.54 Å². The van der Waals surface area contributed by atoms with Crippen LogP contribution >= 0.6 is 12.4 Å². The number of hydrogen-bond donors (Lipinski definition) is 5. The smallest absolute Gasteiger partial charge is 0.232 e. The van der Waals surface area contributed by atoms with Gasteiger partial charge in [-0.3, -0.25) is 0 Å². The van der Waals surface area contributed by atoms with Gasteiger partial charge < -0.3 is 38.1 Å². The highest BCUT2D eigenvalue weighted by atomic mass is 35.5. The number of hydrogen-bond acceptors (Lipinski definition) is 10. The maximum Gasteiger partial charge on any atom is 0.232 e. The summed E-state index contributed by atoms with van der Waals surface area (Å²) in [6.07, 6.45) is 1.53. The number of piperidine rings is 2. The van der Waals surface area contributed by atoms with Crippen LogP contribution in [0.3, 0.4) is 0 Å². The monoisotopic (exact) mass is 466 g/mol. The molecule has 32 heavy (non-hydrogen) atoms. The highest BCUT2D eigenvalue weighted by Gasteiger charge is 2.28. The summed E-state index contributed by atoms with van der Waals surface area (Å²) >= 11 is 0. The fourth-order valence-corrected chi connectivity index (χ4v) is 4.18. The standard InChI is InChI=1S/C20H31FN10.ClH/c21-13-3-1-12(2-4-13)7-26-18-27-19(30-8-14(22)5-15(23)9-30)29-20(28-18)31-10-16(24)6-17(25)11-31;/h1-4,14-17H,5-11,22-25H2,(H,26,27,28,29);1H/t14-,15+,16-,17+;. The van der Waals surface area contributed by atoms with Gasteiger partial charge in [0.2, 0.25) is 17.8 Å². The van der Waals surface area contributed by atoms with Crippen molar-refractivity contribution in [1.82, 2.24) is 15.0 Å². The molecule has 12 heteroatoms. The van der Waals surface area contributed by atoms with Crippen molar-refractivity contribution < 1.29 is 4.39 Å². The number of halogens is 2. The van der Waals surface area contributed by atoms with Crippen LogP contribution in [0.4, 0.5) is 22.2 Å². The fourth-order valence-electron chi connectivity index (χ4n) is 4.18. The zero-order valence-corrected chi connectivity index (χ0v) is 18.7. The highest BCUT2D eigenvalue weighted by Crippen LogP contribution is 2.22.